The maximum atomic E-state index is 14.1. The molecule has 1 amide bonds. The average Bonchev–Trinajstić information content (AvgIpc) is 3.35. The number of aromatic nitrogens is 2. The summed E-state index contributed by atoms with van der Waals surface area (Å²) in [7, 11) is 1.63. The van der Waals surface area contributed by atoms with Crippen molar-refractivity contribution in [1.82, 2.24) is 19.8 Å². The maximum absolute atomic E-state index is 14.1. The Hall–Kier alpha value is -2.71. The molecule has 2 aliphatic rings. The van der Waals surface area contributed by atoms with Crippen molar-refractivity contribution in [1.29, 1.82) is 0 Å². The van der Waals surface area contributed by atoms with Crippen molar-refractivity contribution in [2.75, 3.05) is 33.4 Å². The number of hydrogen-bond acceptors (Lipinski definition) is 5. The van der Waals surface area contributed by atoms with Gasteiger partial charge in [-0.05, 0) is 24.8 Å². The molecule has 0 spiro atoms. The first kappa shape index (κ1) is 27.3. The number of hydrogen-bond donors (Lipinski definition) is 2. The standard InChI is InChI=1S/C29H36N4O3.ClH/c1-36-20-29(35)15-9-8-14-25(29)33-21-31-26(27(33)23-12-6-3-7-13-23)28(34)32-17-16-30-19-24(32)18-22-10-4-2-5-11-22;/h2-7,10-13,21,24-25,30,35H,8-9,14-20H2,1H3;1H/t24-,25?,29?;/m1./s1. The number of nitrogens with one attached hydrogen (secondary N) is 1. The molecular weight excluding hydrogens is 488 g/mol. The van der Waals surface area contributed by atoms with E-state index in [1.54, 1.807) is 13.4 Å². The van der Waals surface area contributed by atoms with Crippen LogP contribution in [0, 0.1) is 0 Å². The summed E-state index contributed by atoms with van der Waals surface area (Å²) in [6.45, 7) is 2.39. The zero-order valence-electron chi connectivity index (χ0n) is 21.4. The van der Waals surface area contributed by atoms with Crippen LogP contribution in [-0.2, 0) is 11.2 Å². The van der Waals surface area contributed by atoms with E-state index in [0.717, 1.165) is 50.0 Å². The Morgan fingerprint density at radius 3 is 2.59 bits per heavy atom. The van der Waals surface area contributed by atoms with Crippen LogP contribution in [0.5, 0.6) is 0 Å². The van der Waals surface area contributed by atoms with Crippen LogP contribution >= 0.6 is 12.4 Å². The molecule has 7 nitrogen and oxygen atoms in total. The van der Waals surface area contributed by atoms with Crippen LogP contribution in [0.4, 0.5) is 0 Å². The quantitative estimate of drug-likeness (QED) is 0.486. The summed E-state index contributed by atoms with van der Waals surface area (Å²) in [5, 5.41) is 15.0. The summed E-state index contributed by atoms with van der Waals surface area (Å²) < 4.78 is 7.47. The van der Waals surface area contributed by atoms with Crippen LogP contribution in [-0.4, -0.2) is 70.5 Å². The topological polar surface area (TPSA) is 79.6 Å². The second-order valence-electron chi connectivity index (χ2n) is 10.1. The van der Waals surface area contributed by atoms with Crippen molar-refractivity contribution in [2.45, 2.75) is 49.8 Å². The van der Waals surface area contributed by atoms with Gasteiger partial charge in [-0.15, -0.1) is 12.4 Å². The van der Waals surface area contributed by atoms with E-state index in [4.69, 9.17) is 9.72 Å². The monoisotopic (exact) mass is 524 g/mol. The molecule has 1 aromatic heterocycles. The molecule has 2 aromatic carbocycles. The fourth-order valence-electron chi connectivity index (χ4n) is 5.89. The highest BCUT2D eigenvalue weighted by molar-refractivity contribution is 5.98. The number of methoxy groups -OCH3 is 1. The van der Waals surface area contributed by atoms with Crippen LogP contribution in [0.1, 0.15) is 47.8 Å². The number of aliphatic hydroxyl groups is 1. The number of amides is 1. The van der Waals surface area contributed by atoms with Crippen LogP contribution in [0.25, 0.3) is 11.3 Å². The number of benzene rings is 2. The Labute approximate surface area is 225 Å². The van der Waals surface area contributed by atoms with E-state index < -0.39 is 5.60 Å². The van der Waals surface area contributed by atoms with Crippen molar-refractivity contribution in [3.8, 4) is 11.3 Å². The molecule has 2 unspecified atom stereocenters. The Kier molecular flexibility index (Phi) is 9.03. The minimum atomic E-state index is -0.998. The van der Waals surface area contributed by atoms with Gasteiger partial charge in [0.2, 0.25) is 0 Å². The smallest absolute Gasteiger partial charge is 0.275 e. The number of nitrogens with zero attached hydrogens (tertiary/aromatic N) is 3. The minimum Gasteiger partial charge on any atom is -0.385 e. The van der Waals surface area contributed by atoms with Crippen molar-refractivity contribution >= 4 is 18.3 Å². The molecule has 0 bridgehead atoms. The molecule has 2 fully saturated rings. The number of imidazole rings is 1. The zero-order chi connectivity index (χ0) is 25.0. The van der Waals surface area contributed by atoms with E-state index >= 15 is 0 Å². The minimum absolute atomic E-state index is 0. The first-order valence-corrected chi connectivity index (χ1v) is 13.0. The lowest BCUT2D eigenvalue weighted by Crippen LogP contribution is -2.54. The summed E-state index contributed by atoms with van der Waals surface area (Å²) in [5.41, 5.74) is 2.37. The lowest BCUT2D eigenvalue weighted by molar-refractivity contribution is -0.0893. The van der Waals surface area contributed by atoms with Crippen molar-refractivity contribution in [3.05, 3.63) is 78.2 Å². The van der Waals surface area contributed by atoms with Gasteiger partial charge in [-0.2, -0.15) is 0 Å². The lowest BCUT2D eigenvalue weighted by Gasteiger charge is -2.41. The summed E-state index contributed by atoms with van der Waals surface area (Å²) in [5.74, 6) is -0.0545. The van der Waals surface area contributed by atoms with Crippen molar-refractivity contribution in [2.24, 2.45) is 0 Å². The van der Waals surface area contributed by atoms with E-state index in [1.807, 2.05) is 58.0 Å². The summed E-state index contributed by atoms with van der Waals surface area (Å²) in [6, 6.07) is 20.1. The fourth-order valence-corrected chi connectivity index (χ4v) is 5.89. The highest BCUT2D eigenvalue weighted by Crippen LogP contribution is 2.41. The Balaban J connectivity index is 0.00000320. The van der Waals surface area contributed by atoms with Gasteiger partial charge in [-0.25, -0.2) is 4.98 Å². The van der Waals surface area contributed by atoms with Gasteiger partial charge in [0, 0.05) is 38.3 Å². The van der Waals surface area contributed by atoms with Gasteiger partial charge in [0.05, 0.1) is 24.7 Å². The van der Waals surface area contributed by atoms with E-state index in [0.29, 0.717) is 18.7 Å². The molecule has 0 radical (unpaired) electrons. The van der Waals surface area contributed by atoms with Gasteiger partial charge in [0.15, 0.2) is 5.69 Å². The van der Waals surface area contributed by atoms with Gasteiger partial charge in [0.1, 0.15) is 5.60 Å². The van der Waals surface area contributed by atoms with Gasteiger partial charge >= 0.3 is 0 Å². The maximum Gasteiger partial charge on any atom is 0.275 e. The van der Waals surface area contributed by atoms with E-state index in [1.165, 1.54) is 5.56 Å². The molecule has 1 aliphatic heterocycles. The van der Waals surface area contributed by atoms with Crippen LogP contribution in [0.15, 0.2) is 67.0 Å². The van der Waals surface area contributed by atoms with Crippen LogP contribution in [0.3, 0.4) is 0 Å². The lowest BCUT2D eigenvalue weighted by atomic mass is 9.80. The Bertz CT molecular complexity index is 1150. The molecule has 1 saturated carbocycles. The molecule has 198 valence electrons. The molecule has 2 N–H and O–H groups in total. The van der Waals surface area contributed by atoms with E-state index in [9.17, 15) is 9.90 Å². The van der Waals surface area contributed by atoms with E-state index in [2.05, 4.69) is 17.4 Å². The average molecular weight is 525 g/mol. The van der Waals surface area contributed by atoms with Gasteiger partial charge in [0.25, 0.3) is 5.91 Å². The molecule has 3 atom stereocenters. The first-order valence-electron chi connectivity index (χ1n) is 13.0. The zero-order valence-corrected chi connectivity index (χ0v) is 22.2. The summed E-state index contributed by atoms with van der Waals surface area (Å²) in [6.07, 6.45) is 5.99. The largest absolute Gasteiger partial charge is 0.385 e. The highest BCUT2D eigenvalue weighted by atomic mass is 35.5. The number of ether oxygens (including phenoxy) is 1. The molecular formula is C29H37ClN4O3. The number of carbonyl (C=O) groups excluding carboxylic acids is 1. The second-order valence-corrected chi connectivity index (χ2v) is 10.1. The summed E-state index contributed by atoms with van der Waals surface area (Å²) >= 11 is 0. The van der Waals surface area contributed by atoms with Crippen LogP contribution in [0.2, 0.25) is 0 Å². The number of rotatable bonds is 7. The first-order chi connectivity index (χ1) is 17.6. The third kappa shape index (κ3) is 5.75. The van der Waals surface area contributed by atoms with Gasteiger partial charge in [-0.3, -0.25) is 4.79 Å². The number of piperazine rings is 1. The summed E-state index contributed by atoms with van der Waals surface area (Å²) in [4.78, 5) is 20.8. The normalized spacial score (nSPS) is 23.9. The van der Waals surface area contributed by atoms with Crippen molar-refractivity contribution < 1.29 is 14.6 Å². The van der Waals surface area contributed by atoms with Crippen molar-refractivity contribution in [3.63, 3.8) is 0 Å². The van der Waals surface area contributed by atoms with Gasteiger partial charge < -0.3 is 24.6 Å². The molecule has 2 heterocycles. The SMILES string of the molecule is COCC1(O)CCCCC1n1cnc(C(=O)N2CCNC[C@H]2Cc2ccccc2)c1-c1ccccc1.Cl. The molecule has 37 heavy (non-hydrogen) atoms. The molecule has 3 aromatic rings. The number of carbonyl (C=O) groups is 1. The molecule has 5 rings (SSSR count). The van der Waals surface area contributed by atoms with E-state index in [-0.39, 0.29) is 37.0 Å². The Morgan fingerprint density at radius 2 is 1.86 bits per heavy atom. The fraction of sp³-hybridized carbons (Fsp3) is 0.448. The molecule has 1 saturated heterocycles. The highest BCUT2D eigenvalue weighted by Gasteiger charge is 2.42. The Morgan fingerprint density at radius 1 is 1.14 bits per heavy atom. The predicted octanol–water partition coefficient (Wildman–Crippen LogP) is 4.12. The van der Waals surface area contributed by atoms with Crippen LogP contribution < -0.4 is 5.32 Å². The number of halogens is 1. The van der Waals surface area contributed by atoms with Gasteiger partial charge in [-0.1, -0.05) is 73.5 Å². The molecule has 8 heteroatoms. The third-order valence-corrected chi connectivity index (χ3v) is 7.66. The third-order valence-electron chi connectivity index (χ3n) is 7.66. The predicted molar refractivity (Wildman–Crippen MR) is 147 cm³/mol. The second kappa shape index (κ2) is 12.2. The molecule has 1 aliphatic carbocycles.